The summed E-state index contributed by atoms with van der Waals surface area (Å²) in [7, 11) is 1.32. The molecule has 5 nitrogen and oxygen atoms in total. The Morgan fingerprint density at radius 2 is 1.89 bits per heavy atom. The summed E-state index contributed by atoms with van der Waals surface area (Å²) in [6, 6.07) is 10.9. The molecule has 0 bridgehead atoms. The Morgan fingerprint density at radius 3 is 2.51 bits per heavy atom. The van der Waals surface area contributed by atoms with Crippen LogP contribution in [-0.2, 0) is 15.7 Å². The van der Waals surface area contributed by atoms with Crippen LogP contribution in [0.25, 0.3) is 17.1 Å². The number of benzene rings is 2. The lowest BCUT2D eigenvalue weighted by atomic mass is 9.70. The number of fused-ring (bicyclic) bond motifs is 1. The lowest BCUT2D eigenvalue weighted by Crippen LogP contribution is -2.29. The number of ether oxygens (including phenoxy) is 1. The zero-order chi connectivity index (χ0) is 25.4. The average molecular weight is 486 g/mol. The van der Waals surface area contributed by atoms with Gasteiger partial charge in [0.2, 0.25) is 5.95 Å². The summed E-state index contributed by atoms with van der Waals surface area (Å²) in [5, 5.41) is 3.25. The van der Waals surface area contributed by atoms with Crippen LogP contribution in [0.5, 0.6) is 0 Å². The fourth-order valence-electron chi connectivity index (χ4n) is 5.27. The number of nitrogens with zero attached hydrogens (tertiary/aromatic N) is 2. The monoisotopic (exact) mass is 485 g/mol. The van der Waals surface area contributed by atoms with Gasteiger partial charge < -0.3 is 14.6 Å². The SMILES string of the molecule is COC(=O)C=Cc1ccc2c(c1)nc(Nc1ccc(C(F)(F)F)cc1)n2C1CC(C)CC(C)(C)C1. The maximum absolute atomic E-state index is 13.0. The lowest BCUT2D eigenvalue weighted by Gasteiger charge is -2.40. The molecular formula is C27H30F3N3O2. The number of hydrogen-bond donors (Lipinski definition) is 1. The van der Waals surface area contributed by atoms with E-state index in [9.17, 15) is 18.0 Å². The fraction of sp³-hybridized carbons (Fsp3) is 0.407. The molecule has 0 saturated heterocycles. The molecule has 0 aliphatic heterocycles. The van der Waals surface area contributed by atoms with E-state index in [0.29, 0.717) is 17.6 Å². The van der Waals surface area contributed by atoms with Crippen LogP contribution in [0.15, 0.2) is 48.5 Å². The number of nitrogens with one attached hydrogen (secondary N) is 1. The minimum Gasteiger partial charge on any atom is -0.466 e. The number of methoxy groups -OCH3 is 1. The van der Waals surface area contributed by atoms with Gasteiger partial charge in [0.1, 0.15) is 0 Å². The molecule has 2 unspecified atom stereocenters. The standard InChI is InChI=1S/C27H30F3N3O2/c1-17-13-21(16-26(2,3)15-17)33-23-11-5-18(6-12-24(34)35-4)14-22(23)32-25(33)31-20-9-7-19(8-10-20)27(28,29)30/h5-12,14,17,21H,13,15-16H2,1-4H3,(H,31,32). The van der Waals surface area contributed by atoms with Gasteiger partial charge in [0.15, 0.2) is 0 Å². The summed E-state index contributed by atoms with van der Waals surface area (Å²) in [6.45, 7) is 6.80. The largest absolute Gasteiger partial charge is 0.466 e. The van der Waals surface area contributed by atoms with E-state index >= 15 is 0 Å². The first-order chi connectivity index (χ1) is 16.4. The molecule has 186 valence electrons. The minimum atomic E-state index is -4.39. The van der Waals surface area contributed by atoms with Crippen LogP contribution in [0.3, 0.4) is 0 Å². The number of carbonyl (C=O) groups is 1. The van der Waals surface area contributed by atoms with Gasteiger partial charge in [-0.05, 0) is 78.6 Å². The van der Waals surface area contributed by atoms with Crippen molar-refractivity contribution in [2.45, 2.75) is 52.3 Å². The number of imidazole rings is 1. The summed E-state index contributed by atoms with van der Waals surface area (Å²) >= 11 is 0. The van der Waals surface area contributed by atoms with Crippen molar-refractivity contribution in [1.29, 1.82) is 0 Å². The number of carbonyl (C=O) groups excluding carboxylic acids is 1. The second-order valence-electron chi connectivity index (χ2n) is 10.2. The van der Waals surface area contributed by atoms with E-state index in [2.05, 4.69) is 35.4 Å². The topological polar surface area (TPSA) is 56.1 Å². The maximum atomic E-state index is 13.0. The van der Waals surface area contributed by atoms with Crippen molar-refractivity contribution >= 4 is 34.7 Å². The lowest BCUT2D eigenvalue weighted by molar-refractivity contribution is -0.137. The molecule has 0 spiro atoms. The van der Waals surface area contributed by atoms with Gasteiger partial charge >= 0.3 is 12.1 Å². The highest BCUT2D eigenvalue weighted by Gasteiger charge is 2.35. The van der Waals surface area contributed by atoms with Gasteiger partial charge in [0.25, 0.3) is 0 Å². The number of alkyl halides is 3. The van der Waals surface area contributed by atoms with E-state index in [-0.39, 0.29) is 11.5 Å². The Labute approximate surface area is 203 Å². The molecule has 3 aromatic rings. The number of aromatic nitrogens is 2. The Hall–Kier alpha value is -3.29. The fourth-order valence-corrected chi connectivity index (χ4v) is 5.27. The number of hydrogen-bond acceptors (Lipinski definition) is 4. The van der Waals surface area contributed by atoms with Crippen molar-refractivity contribution in [1.82, 2.24) is 9.55 Å². The Kier molecular flexibility index (Phi) is 6.66. The highest BCUT2D eigenvalue weighted by molar-refractivity contribution is 5.88. The van der Waals surface area contributed by atoms with Crippen LogP contribution < -0.4 is 5.32 Å². The van der Waals surface area contributed by atoms with Crippen molar-refractivity contribution < 1.29 is 22.7 Å². The van der Waals surface area contributed by atoms with Crippen molar-refractivity contribution in [3.63, 3.8) is 0 Å². The number of esters is 1. The number of rotatable bonds is 5. The Balaban J connectivity index is 1.75. The minimum absolute atomic E-state index is 0.160. The molecule has 1 heterocycles. The van der Waals surface area contributed by atoms with Gasteiger partial charge in [0.05, 0.1) is 23.7 Å². The van der Waals surface area contributed by atoms with E-state index in [1.807, 2.05) is 18.2 Å². The third kappa shape index (κ3) is 5.69. The molecule has 1 N–H and O–H groups in total. The molecule has 1 saturated carbocycles. The molecule has 1 aromatic heterocycles. The predicted molar refractivity (Wildman–Crippen MR) is 131 cm³/mol. The van der Waals surface area contributed by atoms with Crippen molar-refractivity contribution in [2.75, 3.05) is 12.4 Å². The van der Waals surface area contributed by atoms with Crippen LogP contribution in [-0.4, -0.2) is 22.6 Å². The molecule has 2 atom stereocenters. The summed E-state index contributed by atoms with van der Waals surface area (Å²) < 4.78 is 45.9. The highest BCUT2D eigenvalue weighted by Crippen LogP contribution is 2.46. The number of anilines is 2. The molecule has 1 aliphatic carbocycles. The van der Waals surface area contributed by atoms with Crippen LogP contribution >= 0.6 is 0 Å². The van der Waals surface area contributed by atoms with E-state index in [4.69, 9.17) is 4.98 Å². The van der Waals surface area contributed by atoms with Crippen LogP contribution in [0.4, 0.5) is 24.8 Å². The Bertz CT molecular complexity index is 1240. The second-order valence-corrected chi connectivity index (χ2v) is 10.2. The quantitative estimate of drug-likeness (QED) is 0.303. The summed E-state index contributed by atoms with van der Waals surface area (Å²) in [5.41, 5.74) is 2.47. The third-order valence-corrected chi connectivity index (χ3v) is 6.52. The highest BCUT2D eigenvalue weighted by atomic mass is 19.4. The van der Waals surface area contributed by atoms with Crippen LogP contribution in [0.1, 0.15) is 57.2 Å². The average Bonchev–Trinajstić information content (AvgIpc) is 3.12. The molecule has 2 aromatic carbocycles. The van der Waals surface area contributed by atoms with Crippen LogP contribution in [0, 0.1) is 11.3 Å². The first-order valence-electron chi connectivity index (χ1n) is 11.7. The molecule has 8 heteroatoms. The van der Waals surface area contributed by atoms with E-state index in [1.165, 1.54) is 25.3 Å². The Morgan fingerprint density at radius 1 is 1.17 bits per heavy atom. The van der Waals surface area contributed by atoms with Gasteiger partial charge in [-0.3, -0.25) is 0 Å². The maximum Gasteiger partial charge on any atom is 0.416 e. The molecule has 4 rings (SSSR count). The first-order valence-corrected chi connectivity index (χ1v) is 11.7. The van der Waals surface area contributed by atoms with Crippen molar-refractivity contribution in [2.24, 2.45) is 11.3 Å². The summed E-state index contributed by atoms with van der Waals surface area (Å²) in [6.07, 6.45) is 1.73. The normalized spacial score (nSPS) is 20.3. The van der Waals surface area contributed by atoms with Crippen molar-refractivity contribution in [3.8, 4) is 0 Å². The second kappa shape index (κ2) is 9.40. The molecule has 1 fully saturated rings. The zero-order valence-corrected chi connectivity index (χ0v) is 20.3. The predicted octanol–water partition coefficient (Wildman–Crippen LogP) is 7.37. The van der Waals surface area contributed by atoms with E-state index < -0.39 is 17.7 Å². The van der Waals surface area contributed by atoms with Gasteiger partial charge in [0, 0.05) is 17.8 Å². The third-order valence-electron chi connectivity index (χ3n) is 6.52. The van der Waals surface area contributed by atoms with Gasteiger partial charge in [-0.1, -0.05) is 26.8 Å². The number of halogens is 3. The molecule has 0 amide bonds. The van der Waals surface area contributed by atoms with Gasteiger partial charge in [-0.25, -0.2) is 9.78 Å². The molecule has 0 radical (unpaired) electrons. The zero-order valence-electron chi connectivity index (χ0n) is 20.3. The van der Waals surface area contributed by atoms with Crippen molar-refractivity contribution in [3.05, 3.63) is 59.7 Å². The molecule has 35 heavy (non-hydrogen) atoms. The summed E-state index contributed by atoms with van der Waals surface area (Å²) in [5.74, 6) is 0.671. The van der Waals surface area contributed by atoms with E-state index in [1.54, 1.807) is 6.08 Å². The molecular weight excluding hydrogens is 455 g/mol. The van der Waals surface area contributed by atoms with E-state index in [0.717, 1.165) is 48.0 Å². The first kappa shape index (κ1) is 24.8. The molecule has 1 aliphatic rings. The van der Waals surface area contributed by atoms with Crippen LogP contribution in [0.2, 0.25) is 0 Å². The van der Waals surface area contributed by atoms with Gasteiger partial charge in [-0.2, -0.15) is 13.2 Å². The summed E-state index contributed by atoms with van der Waals surface area (Å²) in [4.78, 5) is 16.3. The smallest absolute Gasteiger partial charge is 0.416 e. The van der Waals surface area contributed by atoms with Gasteiger partial charge in [-0.15, -0.1) is 0 Å².